The van der Waals surface area contributed by atoms with Crippen LogP contribution in [0, 0.1) is 0 Å². The topological polar surface area (TPSA) is 81.4 Å². The van der Waals surface area contributed by atoms with Crippen LogP contribution in [-0.2, 0) is 30.6 Å². The van der Waals surface area contributed by atoms with Crippen LogP contribution >= 0.6 is 11.3 Å². The number of aliphatic carboxylic acids is 1. The van der Waals surface area contributed by atoms with Gasteiger partial charge in [0.15, 0.2) is 0 Å². The Kier molecular flexibility index (Phi) is 4.70. The molecule has 27 heavy (non-hydrogen) atoms. The van der Waals surface area contributed by atoms with Gasteiger partial charge in [-0.2, -0.15) is 0 Å². The van der Waals surface area contributed by atoms with Crippen molar-refractivity contribution in [3.05, 3.63) is 56.4 Å². The molecular weight excluding hydrogens is 364 g/mol. The summed E-state index contributed by atoms with van der Waals surface area (Å²) in [5.74, 6) is 0.379. The van der Waals surface area contributed by atoms with Crippen LogP contribution in [0.25, 0.3) is 10.2 Å². The van der Waals surface area contributed by atoms with Crippen molar-refractivity contribution in [1.29, 1.82) is 0 Å². The molecule has 2 aromatic heterocycles. The molecule has 0 radical (unpaired) electrons. The smallest absolute Gasteiger partial charge is 0.305 e. The van der Waals surface area contributed by atoms with Crippen LogP contribution in [-0.4, -0.2) is 27.7 Å². The third-order valence-corrected chi connectivity index (χ3v) is 6.18. The van der Waals surface area contributed by atoms with Gasteiger partial charge >= 0.3 is 5.97 Å². The van der Waals surface area contributed by atoms with E-state index in [1.165, 1.54) is 9.44 Å². The number of ether oxygens (including phenoxy) is 1. The van der Waals surface area contributed by atoms with Crippen molar-refractivity contribution in [2.45, 2.75) is 38.6 Å². The molecular formula is C20H20N2O4S. The molecule has 6 nitrogen and oxygen atoms in total. The molecule has 0 unspecified atom stereocenters. The molecule has 1 aliphatic rings. The molecule has 1 aromatic carbocycles. The van der Waals surface area contributed by atoms with E-state index in [0.717, 1.165) is 41.0 Å². The van der Waals surface area contributed by atoms with Crippen molar-refractivity contribution in [3.8, 4) is 5.75 Å². The normalized spacial score (nSPS) is 13.1. The summed E-state index contributed by atoms with van der Waals surface area (Å²) in [6.45, 7) is 0.117. The van der Waals surface area contributed by atoms with E-state index in [-0.39, 0.29) is 18.5 Å². The largest absolute Gasteiger partial charge is 0.496 e. The second-order valence-corrected chi connectivity index (χ2v) is 7.74. The highest BCUT2D eigenvalue weighted by Gasteiger charge is 2.23. The summed E-state index contributed by atoms with van der Waals surface area (Å²) in [5, 5.41) is 9.79. The van der Waals surface area contributed by atoms with Crippen molar-refractivity contribution in [1.82, 2.24) is 9.55 Å². The predicted molar refractivity (Wildman–Crippen MR) is 104 cm³/mol. The quantitative estimate of drug-likeness (QED) is 0.706. The van der Waals surface area contributed by atoms with Crippen LogP contribution in [0.1, 0.15) is 34.7 Å². The van der Waals surface area contributed by atoms with E-state index in [0.29, 0.717) is 17.6 Å². The number of aromatic nitrogens is 2. The van der Waals surface area contributed by atoms with Gasteiger partial charge in [-0.05, 0) is 30.9 Å². The Balaban J connectivity index is 1.86. The van der Waals surface area contributed by atoms with E-state index in [2.05, 4.69) is 0 Å². The Morgan fingerprint density at radius 1 is 1.33 bits per heavy atom. The summed E-state index contributed by atoms with van der Waals surface area (Å²) in [6.07, 6.45) is 3.26. The first-order valence-electron chi connectivity index (χ1n) is 8.96. The molecule has 1 N–H and O–H groups in total. The van der Waals surface area contributed by atoms with Gasteiger partial charge in [-0.3, -0.25) is 14.2 Å². The maximum atomic E-state index is 13.2. The fourth-order valence-corrected chi connectivity index (χ4v) is 4.98. The number of carboxylic acid groups (broad SMARTS) is 1. The summed E-state index contributed by atoms with van der Waals surface area (Å²) in [7, 11) is 1.61. The molecule has 0 atom stereocenters. The third-order valence-electron chi connectivity index (χ3n) is 4.99. The number of benzene rings is 1. The lowest BCUT2D eigenvalue weighted by Crippen LogP contribution is -2.27. The lowest BCUT2D eigenvalue weighted by Gasteiger charge is -2.14. The predicted octanol–water partition coefficient (Wildman–Crippen LogP) is 3.02. The van der Waals surface area contributed by atoms with Crippen LogP contribution in [0.5, 0.6) is 5.75 Å². The van der Waals surface area contributed by atoms with Gasteiger partial charge in [0.1, 0.15) is 16.4 Å². The molecule has 4 rings (SSSR count). The second kappa shape index (κ2) is 7.15. The van der Waals surface area contributed by atoms with Crippen LogP contribution in [0.3, 0.4) is 0 Å². The third kappa shape index (κ3) is 3.23. The van der Waals surface area contributed by atoms with E-state index < -0.39 is 5.97 Å². The Hall–Kier alpha value is -2.67. The number of para-hydroxylation sites is 1. The van der Waals surface area contributed by atoms with Crippen molar-refractivity contribution in [2.75, 3.05) is 7.11 Å². The fraction of sp³-hybridized carbons (Fsp3) is 0.350. The maximum Gasteiger partial charge on any atom is 0.305 e. The van der Waals surface area contributed by atoms with Crippen LogP contribution in [0.2, 0.25) is 0 Å². The minimum absolute atomic E-state index is 0.113. The summed E-state index contributed by atoms with van der Waals surface area (Å²) in [4.78, 5) is 31.1. The molecule has 140 valence electrons. The standard InChI is InChI=1S/C20H20N2O4S/c1-26-14-7-3-2-5-12(14)11-16-21-19-18(13-6-4-8-15(13)27-19)20(25)22(16)10-9-17(23)24/h2-3,5,7H,4,6,8-11H2,1H3,(H,23,24). The average Bonchev–Trinajstić information content (AvgIpc) is 3.22. The molecule has 0 saturated heterocycles. The molecule has 2 heterocycles. The molecule has 7 heteroatoms. The zero-order valence-electron chi connectivity index (χ0n) is 15.0. The molecule has 0 amide bonds. The fourth-order valence-electron chi connectivity index (χ4n) is 3.71. The second-order valence-electron chi connectivity index (χ2n) is 6.65. The highest BCUT2D eigenvalue weighted by atomic mass is 32.1. The summed E-state index contributed by atoms with van der Waals surface area (Å²) in [5.41, 5.74) is 1.91. The van der Waals surface area contributed by atoms with Crippen LogP contribution in [0.15, 0.2) is 29.1 Å². The zero-order valence-corrected chi connectivity index (χ0v) is 15.8. The molecule has 3 aromatic rings. The Morgan fingerprint density at radius 2 is 2.15 bits per heavy atom. The number of hydrogen-bond donors (Lipinski definition) is 1. The molecule has 0 fully saturated rings. The number of hydrogen-bond acceptors (Lipinski definition) is 5. The number of nitrogens with zero attached hydrogens (tertiary/aromatic N) is 2. The number of aryl methyl sites for hydroxylation is 2. The van der Waals surface area contributed by atoms with Gasteiger partial charge < -0.3 is 9.84 Å². The van der Waals surface area contributed by atoms with Crippen molar-refractivity contribution >= 4 is 27.5 Å². The highest BCUT2D eigenvalue weighted by Crippen LogP contribution is 2.35. The van der Waals surface area contributed by atoms with Gasteiger partial charge in [-0.25, -0.2) is 4.98 Å². The Bertz CT molecular complexity index is 1080. The van der Waals surface area contributed by atoms with E-state index in [1.54, 1.807) is 18.4 Å². The van der Waals surface area contributed by atoms with Crippen molar-refractivity contribution in [2.24, 2.45) is 0 Å². The molecule has 1 aliphatic carbocycles. The molecule has 0 saturated carbocycles. The first kappa shape index (κ1) is 17.7. The maximum absolute atomic E-state index is 13.2. The number of rotatable bonds is 6. The van der Waals surface area contributed by atoms with E-state index in [9.17, 15) is 9.59 Å². The lowest BCUT2D eigenvalue weighted by atomic mass is 10.1. The highest BCUT2D eigenvalue weighted by molar-refractivity contribution is 7.18. The van der Waals surface area contributed by atoms with E-state index in [1.807, 2.05) is 24.3 Å². The zero-order chi connectivity index (χ0) is 19.0. The number of carbonyl (C=O) groups is 1. The first-order valence-corrected chi connectivity index (χ1v) is 9.77. The van der Waals surface area contributed by atoms with Crippen LogP contribution in [0.4, 0.5) is 0 Å². The number of methoxy groups -OCH3 is 1. The Morgan fingerprint density at radius 3 is 2.93 bits per heavy atom. The SMILES string of the molecule is COc1ccccc1Cc1nc2sc3c(c2c(=O)n1CCC(=O)O)CCC3. The number of fused-ring (bicyclic) bond motifs is 3. The minimum Gasteiger partial charge on any atom is -0.496 e. The summed E-state index contributed by atoms with van der Waals surface area (Å²) in [6, 6.07) is 7.61. The average molecular weight is 384 g/mol. The van der Waals surface area contributed by atoms with Gasteiger partial charge in [0.05, 0.1) is 18.9 Å². The van der Waals surface area contributed by atoms with Gasteiger partial charge in [-0.15, -0.1) is 11.3 Å². The minimum atomic E-state index is -0.930. The molecule has 0 aliphatic heterocycles. The van der Waals surface area contributed by atoms with Gasteiger partial charge in [0.25, 0.3) is 5.56 Å². The summed E-state index contributed by atoms with van der Waals surface area (Å²) >= 11 is 1.60. The van der Waals surface area contributed by atoms with Gasteiger partial charge in [0, 0.05) is 23.4 Å². The summed E-state index contributed by atoms with van der Waals surface area (Å²) < 4.78 is 6.95. The number of thiophene rings is 1. The van der Waals surface area contributed by atoms with E-state index in [4.69, 9.17) is 14.8 Å². The first-order chi connectivity index (χ1) is 13.1. The number of carboxylic acids is 1. The monoisotopic (exact) mass is 384 g/mol. The van der Waals surface area contributed by atoms with Crippen LogP contribution < -0.4 is 10.3 Å². The van der Waals surface area contributed by atoms with Gasteiger partial charge in [-0.1, -0.05) is 18.2 Å². The lowest BCUT2D eigenvalue weighted by molar-refractivity contribution is -0.137. The van der Waals surface area contributed by atoms with E-state index >= 15 is 0 Å². The molecule has 0 bridgehead atoms. The van der Waals surface area contributed by atoms with Crippen molar-refractivity contribution in [3.63, 3.8) is 0 Å². The van der Waals surface area contributed by atoms with Gasteiger partial charge in [0.2, 0.25) is 0 Å². The Labute approximate surface area is 160 Å². The molecule has 0 spiro atoms. The van der Waals surface area contributed by atoms with Crippen molar-refractivity contribution < 1.29 is 14.6 Å².